The Kier molecular flexibility index (Phi) is 4.03. The molecule has 1 heterocycles. The van der Waals surface area contributed by atoms with Gasteiger partial charge in [0.25, 0.3) is 0 Å². The molecule has 1 N–H and O–H groups in total. The summed E-state index contributed by atoms with van der Waals surface area (Å²) < 4.78 is 0.736. The molecule has 88 valence electrons. The van der Waals surface area contributed by atoms with Crippen molar-refractivity contribution in [2.45, 2.75) is 50.0 Å². The lowest BCUT2D eigenvalue weighted by molar-refractivity contribution is 0.892. The van der Waals surface area contributed by atoms with Crippen LogP contribution in [0.5, 0.6) is 0 Å². The monoisotopic (exact) mass is 254 g/mol. The van der Waals surface area contributed by atoms with E-state index >= 15 is 0 Å². The van der Waals surface area contributed by atoms with Crippen LogP contribution in [0.1, 0.15) is 50.5 Å². The number of aromatic amines is 1. The molecule has 0 aromatic carbocycles. The highest BCUT2D eigenvalue weighted by molar-refractivity contribution is 7.99. The quantitative estimate of drug-likeness (QED) is 0.804. The van der Waals surface area contributed by atoms with Crippen molar-refractivity contribution >= 4 is 24.0 Å². The Balaban J connectivity index is 2.05. The molecule has 0 saturated heterocycles. The number of aromatic nitrogens is 2. The molecule has 1 unspecified atom stereocenters. The molecule has 1 aromatic heterocycles. The maximum Gasteiger partial charge on any atom is 0.130 e. The number of nitrogens with one attached hydrogen (secondary N) is 1. The maximum absolute atomic E-state index is 5.20. The summed E-state index contributed by atoms with van der Waals surface area (Å²) in [5.74, 6) is 2.70. The summed E-state index contributed by atoms with van der Waals surface area (Å²) in [6.07, 6.45) is 3.80. The smallest absolute Gasteiger partial charge is 0.130 e. The normalized spacial score (nSPS) is 17.4. The van der Waals surface area contributed by atoms with E-state index < -0.39 is 0 Å². The molecule has 0 bridgehead atoms. The van der Waals surface area contributed by atoms with Crippen LogP contribution in [-0.4, -0.2) is 15.2 Å². The van der Waals surface area contributed by atoms with Gasteiger partial charge in [0.15, 0.2) is 0 Å². The van der Waals surface area contributed by atoms with Crippen LogP contribution in [0.3, 0.4) is 0 Å². The standard InChI is InChI=1S/C12H18N2S2/c1-3-8(2)16-7-11-13-10(9-4-5-9)6-12(15)14-11/h6,8-9H,3-5,7H2,1-2H3,(H,13,14,15). The van der Waals surface area contributed by atoms with Crippen molar-refractivity contribution < 1.29 is 0 Å². The van der Waals surface area contributed by atoms with Crippen molar-refractivity contribution in [2.24, 2.45) is 0 Å². The average molecular weight is 254 g/mol. The Hall–Kier alpha value is -0.350. The Morgan fingerprint density at radius 3 is 3.00 bits per heavy atom. The van der Waals surface area contributed by atoms with Crippen LogP contribution in [0.4, 0.5) is 0 Å². The van der Waals surface area contributed by atoms with Crippen molar-refractivity contribution in [3.63, 3.8) is 0 Å². The van der Waals surface area contributed by atoms with Crippen LogP contribution in [0, 0.1) is 4.64 Å². The summed E-state index contributed by atoms with van der Waals surface area (Å²) in [4.78, 5) is 7.82. The van der Waals surface area contributed by atoms with Crippen LogP contribution >= 0.6 is 24.0 Å². The molecule has 0 radical (unpaired) electrons. The molecule has 0 aliphatic heterocycles. The van der Waals surface area contributed by atoms with E-state index in [0.717, 1.165) is 22.1 Å². The fourth-order valence-electron chi connectivity index (χ4n) is 1.55. The van der Waals surface area contributed by atoms with Gasteiger partial charge in [0, 0.05) is 10.9 Å². The summed E-state index contributed by atoms with van der Waals surface area (Å²) in [5, 5.41) is 0.688. The zero-order valence-corrected chi connectivity index (χ0v) is 11.5. The van der Waals surface area contributed by atoms with Gasteiger partial charge in [-0.15, -0.1) is 0 Å². The molecule has 1 aliphatic rings. The first-order valence-electron chi connectivity index (χ1n) is 5.90. The molecule has 1 fully saturated rings. The largest absolute Gasteiger partial charge is 0.346 e. The van der Waals surface area contributed by atoms with Gasteiger partial charge in [-0.1, -0.05) is 26.1 Å². The minimum Gasteiger partial charge on any atom is -0.346 e. The van der Waals surface area contributed by atoms with Crippen LogP contribution < -0.4 is 0 Å². The highest BCUT2D eigenvalue weighted by Gasteiger charge is 2.24. The van der Waals surface area contributed by atoms with Gasteiger partial charge < -0.3 is 4.98 Å². The molecule has 2 nitrogen and oxygen atoms in total. The predicted octanol–water partition coefficient (Wildman–Crippen LogP) is 4.05. The Labute approximate surface area is 106 Å². The molecule has 2 rings (SSSR count). The summed E-state index contributed by atoms with van der Waals surface area (Å²) >= 11 is 7.14. The minimum absolute atomic E-state index is 0.688. The molecule has 0 spiro atoms. The van der Waals surface area contributed by atoms with E-state index in [1.807, 2.05) is 17.8 Å². The van der Waals surface area contributed by atoms with Crippen molar-refractivity contribution in [3.05, 3.63) is 22.2 Å². The van der Waals surface area contributed by atoms with E-state index in [-0.39, 0.29) is 0 Å². The van der Waals surface area contributed by atoms with Gasteiger partial charge in [0.1, 0.15) is 10.5 Å². The van der Waals surface area contributed by atoms with Gasteiger partial charge in [-0.3, -0.25) is 0 Å². The Bertz CT molecular complexity index is 410. The molecule has 1 saturated carbocycles. The number of hydrogen-bond donors (Lipinski definition) is 1. The third-order valence-electron chi connectivity index (χ3n) is 2.91. The SMILES string of the molecule is CCC(C)SCc1nc(=S)cc(C2CC2)[nH]1. The van der Waals surface area contributed by atoms with Gasteiger partial charge >= 0.3 is 0 Å². The van der Waals surface area contributed by atoms with Crippen LogP contribution in [0.2, 0.25) is 0 Å². The second-order valence-corrected chi connectivity index (χ2v) is 6.27. The van der Waals surface area contributed by atoms with E-state index in [9.17, 15) is 0 Å². The van der Waals surface area contributed by atoms with Crippen LogP contribution in [0.15, 0.2) is 6.07 Å². The van der Waals surface area contributed by atoms with E-state index in [1.165, 1.54) is 25.0 Å². The first kappa shape index (κ1) is 12.1. The van der Waals surface area contributed by atoms with E-state index in [2.05, 4.69) is 23.8 Å². The molecular weight excluding hydrogens is 236 g/mol. The van der Waals surface area contributed by atoms with Crippen LogP contribution in [0.25, 0.3) is 0 Å². The van der Waals surface area contributed by atoms with Gasteiger partial charge in [-0.25, -0.2) is 4.98 Å². The fraction of sp³-hybridized carbons (Fsp3) is 0.667. The van der Waals surface area contributed by atoms with Crippen molar-refractivity contribution in [1.29, 1.82) is 0 Å². The molecule has 1 aromatic rings. The number of thioether (sulfide) groups is 1. The summed E-state index contributed by atoms with van der Waals surface area (Å²) in [6, 6.07) is 2.02. The van der Waals surface area contributed by atoms with E-state index in [1.54, 1.807) is 0 Å². The first-order chi connectivity index (χ1) is 7.69. The second kappa shape index (κ2) is 5.32. The van der Waals surface area contributed by atoms with Gasteiger partial charge in [0.05, 0.1) is 5.75 Å². The summed E-state index contributed by atoms with van der Waals surface area (Å²) in [5.41, 5.74) is 1.29. The van der Waals surface area contributed by atoms with Gasteiger partial charge in [-0.2, -0.15) is 11.8 Å². The Morgan fingerprint density at radius 2 is 2.38 bits per heavy atom. The fourth-order valence-corrected chi connectivity index (χ4v) is 2.60. The van der Waals surface area contributed by atoms with E-state index in [4.69, 9.17) is 12.2 Å². The Morgan fingerprint density at radius 1 is 1.62 bits per heavy atom. The van der Waals surface area contributed by atoms with Crippen LogP contribution in [-0.2, 0) is 5.75 Å². The van der Waals surface area contributed by atoms with Crippen molar-refractivity contribution in [2.75, 3.05) is 0 Å². The summed E-state index contributed by atoms with van der Waals surface area (Å²) in [7, 11) is 0. The third kappa shape index (κ3) is 3.32. The number of H-pyrrole nitrogens is 1. The van der Waals surface area contributed by atoms with Gasteiger partial charge in [-0.05, 0) is 31.2 Å². The average Bonchev–Trinajstić information content (AvgIpc) is 3.09. The molecular formula is C12H18N2S2. The minimum atomic E-state index is 0.688. The number of nitrogens with zero attached hydrogens (tertiary/aromatic N) is 1. The van der Waals surface area contributed by atoms with Crippen molar-refractivity contribution in [1.82, 2.24) is 9.97 Å². The lowest BCUT2D eigenvalue weighted by atomic mass is 10.3. The lowest BCUT2D eigenvalue weighted by Gasteiger charge is -2.08. The number of hydrogen-bond acceptors (Lipinski definition) is 3. The molecule has 1 atom stereocenters. The maximum atomic E-state index is 5.20. The zero-order valence-electron chi connectivity index (χ0n) is 9.82. The lowest BCUT2D eigenvalue weighted by Crippen LogP contribution is -2.00. The highest BCUT2D eigenvalue weighted by Crippen LogP contribution is 2.38. The van der Waals surface area contributed by atoms with E-state index in [0.29, 0.717) is 5.25 Å². The zero-order chi connectivity index (χ0) is 11.5. The highest BCUT2D eigenvalue weighted by atomic mass is 32.2. The number of rotatable bonds is 5. The van der Waals surface area contributed by atoms with Crippen molar-refractivity contribution in [3.8, 4) is 0 Å². The molecule has 4 heteroatoms. The molecule has 0 amide bonds. The second-order valence-electron chi connectivity index (χ2n) is 4.43. The molecule has 1 aliphatic carbocycles. The first-order valence-corrected chi connectivity index (χ1v) is 7.36. The third-order valence-corrected chi connectivity index (χ3v) is 4.46. The topological polar surface area (TPSA) is 28.7 Å². The van der Waals surface area contributed by atoms with Gasteiger partial charge in [0.2, 0.25) is 0 Å². The predicted molar refractivity (Wildman–Crippen MR) is 72.4 cm³/mol. The molecule has 16 heavy (non-hydrogen) atoms. The summed E-state index contributed by atoms with van der Waals surface area (Å²) in [6.45, 7) is 4.47.